The highest BCUT2D eigenvalue weighted by molar-refractivity contribution is 5.94. The van der Waals surface area contributed by atoms with Crippen LogP contribution in [0.3, 0.4) is 0 Å². The van der Waals surface area contributed by atoms with E-state index in [1.165, 1.54) is 5.56 Å². The first-order valence-electron chi connectivity index (χ1n) is 9.71. The Morgan fingerprint density at radius 3 is 2.59 bits per heavy atom. The third-order valence-electron chi connectivity index (χ3n) is 5.53. The van der Waals surface area contributed by atoms with Crippen molar-refractivity contribution in [1.29, 1.82) is 0 Å². The van der Waals surface area contributed by atoms with Crippen molar-refractivity contribution in [2.45, 2.75) is 12.3 Å². The zero-order valence-electron chi connectivity index (χ0n) is 17.0. The summed E-state index contributed by atoms with van der Waals surface area (Å²) in [6.45, 7) is 1.48. The highest BCUT2D eigenvalue weighted by Crippen LogP contribution is 2.34. The van der Waals surface area contributed by atoms with E-state index in [1.807, 2.05) is 35.2 Å². The molecule has 0 radical (unpaired) electrons. The number of ether oxygens (including phenoxy) is 2. The largest absolute Gasteiger partial charge is 0.497 e. The van der Waals surface area contributed by atoms with Crippen LogP contribution in [-0.2, 0) is 7.05 Å². The van der Waals surface area contributed by atoms with Gasteiger partial charge in [-0.05, 0) is 36.2 Å². The molecule has 29 heavy (non-hydrogen) atoms. The molecule has 1 saturated heterocycles. The summed E-state index contributed by atoms with van der Waals surface area (Å²) in [4.78, 5) is 15.1. The molecule has 1 aliphatic heterocycles. The lowest BCUT2D eigenvalue weighted by molar-refractivity contribution is 0.0780. The number of amides is 1. The molecule has 150 valence electrons. The zero-order chi connectivity index (χ0) is 20.4. The predicted octanol–water partition coefficient (Wildman–Crippen LogP) is 3.73. The molecule has 1 aromatic heterocycles. The van der Waals surface area contributed by atoms with E-state index in [-0.39, 0.29) is 5.91 Å². The molecule has 0 saturated carbocycles. The lowest BCUT2D eigenvalue weighted by Gasteiger charge is -2.16. The molecule has 4 rings (SSSR count). The van der Waals surface area contributed by atoms with Crippen LogP contribution in [0, 0.1) is 0 Å². The average Bonchev–Trinajstić information content (AvgIpc) is 3.40. The van der Waals surface area contributed by atoms with Crippen LogP contribution in [0.1, 0.15) is 28.4 Å². The van der Waals surface area contributed by atoms with E-state index in [1.54, 1.807) is 25.9 Å². The predicted molar refractivity (Wildman–Crippen MR) is 111 cm³/mol. The van der Waals surface area contributed by atoms with E-state index in [0.29, 0.717) is 28.8 Å². The third-order valence-corrected chi connectivity index (χ3v) is 5.53. The molecule has 6 heteroatoms. The maximum absolute atomic E-state index is 13.2. The van der Waals surface area contributed by atoms with Gasteiger partial charge < -0.3 is 14.4 Å². The van der Waals surface area contributed by atoms with Crippen molar-refractivity contribution in [2.75, 3.05) is 27.3 Å². The molecule has 1 amide bonds. The standard InChI is InChI=1S/C23H25N3O3/c1-25-21(14-20(24-25)19-13-18(28-2)9-10-22(19)29-3)23(27)26-12-11-17(15-26)16-7-5-4-6-8-16/h4-10,13-14,17H,11-12,15H2,1-3H3/t17-/m1/s1. The summed E-state index contributed by atoms with van der Waals surface area (Å²) < 4.78 is 12.4. The van der Waals surface area contributed by atoms with Crippen molar-refractivity contribution in [3.05, 3.63) is 65.9 Å². The molecule has 0 spiro atoms. The van der Waals surface area contributed by atoms with Crippen LogP contribution in [0.5, 0.6) is 11.5 Å². The fraction of sp³-hybridized carbons (Fsp3) is 0.304. The van der Waals surface area contributed by atoms with Gasteiger partial charge in [0.1, 0.15) is 17.2 Å². The van der Waals surface area contributed by atoms with Gasteiger partial charge in [-0.2, -0.15) is 5.10 Å². The maximum Gasteiger partial charge on any atom is 0.272 e. The van der Waals surface area contributed by atoms with E-state index in [4.69, 9.17) is 9.47 Å². The number of nitrogens with zero attached hydrogens (tertiary/aromatic N) is 3. The van der Waals surface area contributed by atoms with Gasteiger partial charge in [-0.25, -0.2) is 0 Å². The SMILES string of the molecule is COc1ccc(OC)c(-c2cc(C(=O)N3CC[C@@H](c4ccccc4)C3)n(C)n2)c1. The molecule has 3 aromatic rings. The molecule has 1 fully saturated rings. The normalized spacial score (nSPS) is 16.1. The Morgan fingerprint density at radius 2 is 1.86 bits per heavy atom. The summed E-state index contributed by atoms with van der Waals surface area (Å²) in [6, 6.07) is 17.8. The number of aromatic nitrogens is 2. The molecular formula is C23H25N3O3. The Bertz CT molecular complexity index is 1010. The number of carbonyl (C=O) groups excluding carboxylic acids is 1. The minimum absolute atomic E-state index is 0.00606. The van der Waals surface area contributed by atoms with Gasteiger partial charge in [0, 0.05) is 31.6 Å². The summed E-state index contributed by atoms with van der Waals surface area (Å²) in [5.41, 5.74) is 3.34. The van der Waals surface area contributed by atoms with Gasteiger partial charge in [0.25, 0.3) is 5.91 Å². The number of methoxy groups -OCH3 is 2. The molecule has 1 aliphatic rings. The zero-order valence-corrected chi connectivity index (χ0v) is 17.0. The molecule has 1 atom stereocenters. The maximum atomic E-state index is 13.2. The average molecular weight is 391 g/mol. The number of likely N-dealkylation sites (tertiary alicyclic amines) is 1. The van der Waals surface area contributed by atoms with Crippen LogP contribution in [0.4, 0.5) is 0 Å². The van der Waals surface area contributed by atoms with Crippen LogP contribution in [-0.4, -0.2) is 47.9 Å². The lowest BCUT2D eigenvalue weighted by atomic mass is 9.99. The van der Waals surface area contributed by atoms with Crippen LogP contribution in [0.15, 0.2) is 54.6 Å². The Morgan fingerprint density at radius 1 is 1.07 bits per heavy atom. The van der Waals surface area contributed by atoms with E-state index in [9.17, 15) is 4.79 Å². The van der Waals surface area contributed by atoms with Gasteiger partial charge in [0.05, 0.1) is 19.9 Å². The molecule has 2 heterocycles. The second kappa shape index (κ2) is 7.99. The third kappa shape index (κ3) is 3.70. The van der Waals surface area contributed by atoms with Crippen molar-refractivity contribution in [2.24, 2.45) is 7.05 Å². The first-order valence-corrected chi connectivity index (χ1v) is 9.71. The number of benzene rings is 2. The Kier molecular flexibility index (Phi) is 5.25. The lowest BCUT2D eigenvalue weighted by Crippen LogP contribution is -2.30. The minimum Gasteiger partial charge on any atom is -0.497 e. The van der Waals surface area contributed by atoms with Crippen molar-refractivity contribution in [3.63, 3.8) is 0 Å². The van der Waals surface area contributed by atoms with Gasteiger partial charge in [-0.3, -0.25) is 9.48 Å². The summed E-state index contributed by atoms with van der Waals surface area (Å²) in [5.74, 6) is 1.79. The summed E-state index contributed by atoms with van der Waals surface area (Å²) in [7, 11) is 5.04. The minimum atomic E-state index is 0.00606. The van der Waals surface area contributed by atoms with Gasteiger partial charge in [-0.15, -0.1) is 0 Å². The monoisotopic (exact) mass is 391 g/mol. The summed E-state index contributed by atoms with van der Waals surface area (Å²) >= 11 is 0. The highest BCUT2D eigenvalue weighted by Gasteiger charge is 2.30. The number of aryl methyl sites for hydroxylation is 1. The molecule has 0 aliphatic carbocycles. The first-order chi connectivity index (χ1) is 14.1. The summed E-state index contributed by atoms with van der Waals surface area (Å²) in [5, 5.41) is 4.57. The summed E-state index contributed by atoms with van der Waals surface area (Å²) in [6.07, 6.45) is 0.976. The quantitative estimate of drug-likeness (QED) is 0.665. The van der Waals surface area contributed by atoms with E-state index >= 15 is 0 Å². The first kappa shape index (κ1) is 19.1. The molecule has 2 aromatic carbocycles. The Balaban J connectivity index is 1.58. The van der Waals surface area contributed by atoms with Crippen LogP contribution in [0.25, 0.3) is 11.3 Å². The van der Waals surface area contributed by atoms with Crippen molar-refractivity contribution >= 4 is 5.91 Å². The fourth-order valence-corrected chi connectivity index (χ4v) is 3.92. The number of hydrogen-bond donors (Lipinski definition) is 0. The molecule has 6 nitrogen and oxygen atoms in total. The van der Waals surface area contributed by atoms with E-state index < -0.39 is 0 Å². The number of hydrogen-bond acceptors (Lipinski definition) is 4. The molecule has 0 bridgehead atoms. The van der Waals surface area contributed by atoms with Crippen molar-refractivity contribution in [1.82, 2.24) is 14.7 Å². The number of carbonyl (C=O) groups is 1. The van der Waals surface area contributed by atoms with E-state index in [0.717, 1.165) is 25.1 Å². The fourth-order valence-electron chi connectivity index (χ4n) is 3.92. The Labute approximate surface area is 170 Å². The second-order valence-corrected chi connectivity index (χ2v) is 7.25. The van der Waals surface area contributed by atoms with Crippen molar-refractivity contribution < 1.29 is 14.3 Å². The van der Waals surface area contributed by atoms with Gasteiger partial charge in [0.2, 0.25) is 0 Å². The number of rotatable bonds is 5. The second-order valence-electron chi connectivity index (χ2n) is 7.25. The smallest absolute Gasteiger partial charge is 0.272 e. The van der Waals surface area contributed by atoms with Gasteiger partial charge >= 0.3 is 0 Å². The highest BCUT2D eigenvalue weighted by atomic mass is 16.5. The van der Waals surface area contributed by atoms with Gasteiger partial charge in [0.15, 0.2) is 0 Å². The van der Waals surface area contributed by atoms with E-state index in [2.05, 4.69) is 29.4 Å². The van der Waals surface area contributed by atoms with Crippen LogP contribution < -0.4 is 9.47 Å². The Hall–Kier alpha value is -3.28. The van der Waals surface area contributed by atoms with Crippen molar-refractivity contribution in [3.8, 4) is 22.8 Å². The van der Waals surface area contributed by atoms with Crippen LogP contribution >= 0.6 is 0 Å². The van der Waals surface area contributed by atoms with Gasteiger partial charge in [-0.1, -0.05) is 30.3 Å². The molecular weight excluding hydrogens is 366 g/mol. The van der Waals surface area contributed by atoms with Crippen LogP contribution in [0.2, 0.25) is 0 Å². The topological polar surface area (TPSA) is 56.6 Å². The molecule has 0 N–H and O–H groups in total. The molecule has 0 unspecified atom stereocenters.